The van der Waals surface area contributed by atoms with Crippen LogP contribution in [0.5, 0.6) is 0 Å². The molecule has 51 heavy (non-hydrogen) atoms. The Kier molecular flexibility index (Phi) is 29.0. The van der Waals surface area contributed by atoms with E-state index in [1.165, 1.54) is 64.2 Å². The highest BCUT2D eigenvalue weighted by atomic mass is 16.7. The molecular formula is C41H77N3O7. The Bertz CT molecular complexity index is 1030. The Morgan fingerprint density at radius 3 is 1.75 bits per heavy atom. The number of anilines is 2. The number of carbonyl (C=O) groups excluding carboxylic acids is 1. The Morgan fingerprint density at radius 2 is 1.16 bits per heavy atom. The van der Waals surface area contributed by atoms with Gasteiger partial charge in [-0.25, -0.2) is 0 Å². The summed E-state index contributed by atoms with van der Waals surface area (Å²) in [6, 6.07) is 0. The summed E-state index contributed by atoms with van der Waals surface area (Å²) in [5.74, 6) is 0.237. The second-order valence-electron chi connectivity index (χ2n) is 14.8. The summed E-state index contributed by atoms with van der Waals surface area (Å²) >= 11 is 0. The summed E-state index contributed by atoms with van der Waals surface area (Å²) in [6.07, 6.45) is 26.9. The van der Waals surface area contributed by atoms with Crippen LogP contribution in [-0.2, 0) is 14.3 Å². The molecule has 0 aliphatic heterocycles. The molecular weight excluding hydrogens is 646 g/mol. The van der Waals surface area contributed by atoms with E-state index in [1.54, 1.807) is 7.05 Å². The quantitative estimate of drug-likeness (QED) is 0.0230. The molecule has 1 aromatic carbocycles. The molecule has 0 saturated carbocycles. The number of esters is 1. The van der Waals surface area contributed by atoms with E-state index < -0.39 is 17.3 Å². The Balaban J connectivity index is 2.39. The Morgan fingerprint density at radius 1 is 0.667 bits per heavy atom. The molecule has 0 saturated heterocycles. The first-order chi connectivity index (χ1) is 24.7. The molecule has 1 aromatic rings. The average Bonchev–Trinajstić information content (AvgIpc) is 3.11. The number of nitrogens with one attached hydrogen (secondary N) is 2. The highest BCUT2D eigenvalue weighted by molar-refractivity contribution is 5.73. The van der Waals surface area contributed by atoms with Crippen LogP contribution in [0.25, 0.3) is 0 Å². The molecule has 0 bridgehead atoms. The van der Waals surface area contributed by atoms with Gasteiger partial charge < -0.3 is 35.2 Å². The third kappa shape index (κ3) is 24.0. The van der Waals surface area contributed by atoms with Gasteiger partial charge in [-0.3, -0.25) is 14.4 Å². The average molecular weight is 724 g/mol. The van der Waals surface area contributed by atoms with Gasteiger partial charge in [0.25, 0.3) is 17.3 Å². The van der Waals surface area contributed by atoms with E-state index in [1.807, 2.05) is 0 Å². The highest BCUT2D eigenvalue weighted by Crippen LogP contribution is 2.19. The van der Waals surface area contributed by atoms with Crippen molar-refractivity contribution in [2.45, 2.75) is 187 Å². The number of unbranched alkanes of at least 4 members (excludes halogenated alkanes) is 15. The molecule has 0 spiro atoms. The molecule has 298 valence electrons. The zero-order valence-corrected chi connectivity index (χ0v) is 33.1. The summed E-state index contributed by atoms with van der Waals surface area (Å²) in [4.78, 5) is 38.8. The molecule has 0 aliphatic rings. The topological polar surface area (TPSA) is 137 Å². The standard InChI is InChI=1S/C41H77N3O7/c1-5-7-9-11-14-18-26-35(27-19-15-12-10-8-6-2)51-36(45)28-20-16-13-17-22-30-44(31-23-21-25-34(3)33-50-41(48)49)32-24-29-43-38-37(42-4)39(46)40(38)47/h34-35,41-43,48-49H,5-33H2,1-4H3. The summed E-state index contributed by atoms with van der Waals surface area (Å²) in [7, 11) is 1.65. The third-order valence-electron chi connectivity index (χ3n) is 9.98. The lowest BCUT2D eigenvalue weighted by Crippen LogP contribution is -2.37. The fourth-order valence-corrected chi connectivity index (χ4v) is 6.76. The monoisotopic (exact) mass is 724 g/mol. The van der Waals surface area contributed by atoms with Crippen LogP contribution >= 0.6 is 0 Å². The largest absolute Gasteiger partial charge is 0.462 e. The van der Waals surface area contributed by atoms with Gasteiger partial charge in [-0.2, -0.15) is 0 Å². The van der Waals surface area contributed by atoms with E-state index in [2.05, 4.69) is 36.3 Å². The molecule has 1 unspecified atom stereocenters. The van der Waals surface area contributed by atoms with Gasteiger partial charge in [-0.05, 0) is 83.3 Å². The second kappa shape index (κ2) is 31.5. The van der Waals surface area contributed by atoms with Crippen LogP contribution in [-0.4, -0.2) is 73.5 Å². The predicted octanol–water partition coefficient (Wildman–Crippen LogP) is 8.27. The lowest BCUT2D eigenvalue weighted by Gasteiger charge is -2.23. The smallest absolute Gasteiger partial charge is 0.306 e. The lowest BCUT2D eigenvalue weighted by molar-refractivity contribution is -0.238. The first-order valence-electron chi connectivity index (χ1n) is 20.9. The fourth-order valence-electron chi connectivity index (χ4n) is 6.76. The van der Waals surface area contributed by atoms with E-state index >= 15 is 0 Å². The van der Waals surface area contributed by atoms with Gasteiger partial charge in [0.05, 0.1) is 6.61 Å². The first-order valence-corrected chi connectivity index (χ1v) is 20.9. The maximum Gasteiger partial charge on any atom is 0.306 e. The fraction of sp³-hybridized carbons (Fsp3) is 0.878. The van der Waals surface area contributed by atoms with Crippen LogP contribution in [0.3, 0.4) is 0 Å². The molecule has 0 radical (unpaired) electrons. The van der Waals surface area contributed by atoms with Crippen LogP contribution in [0.4, 0.5) is 11.4 Å². The molecule has 0 aliphatic carbocycles. The summed E-state index contributed by atoms with van der Waals surface area (Å²) in [6.45, 7) is 8.66. The van der Waals surface area contributed by atoms with Crippen molar-refractivity contribution in [2.24, 2.45) is 5.92 Å². The van der Waals surface area contributed by atoms with Crippen molar-refractivity contribution in [1.82, 2.24) is 4.90 Å². The van der Waals surface area contributed by atoms with E-state index in [9.17, 15) is 14.4 Å². The number of rotatable bonds is 37. The van der Waals surface area contributed by atoms with Crippen LogP contribution < -0.4 is 21.5 Å². The number of aliphatic hydroxyl groups is 2. The lowest BCUT2D eigenvalue weighted by atomic mass is 10.0. The van der Waals surface area contributed by atoms with Gasteiger partial charge in [0, 0.05) is 20.0 Å². The number of hydrogen-bond donors (Lipinski definition) is 4. The normalized spacial score (nSPS) is 12.4. The van der Waals surface area contributed by atoms with Crippen molar-refractivity contribution in [1.29, 1.82) is 0 Å². The summed E-state index contributed by atoms with van der Waals surface area (Å²) in [5.41, 5.74) is -0.133. The SMILES string of the molecule is CCCCCCCCC(CCCCCCCC)OC(=O)CCCCCCCN(CCCCC(C)COC(O)O)CCCNc1c(NC)c(=O)c1=O. The molecule has 10 heteroatoms. The third-order valence-corrected chi connectivity index (χ3v) is 9.98. The number of aliphatic hydroxyl groups excluding tert-OH is 1. The van der Waals surface area contributed by atoms with Crippen LogP contribution in [0.2, 0.25) is 0 Å². The summed E-state index contributed by atoms with van der Waals surface area (Å²) in [5, 5.41) is 23.8. The molecule has 10 nitrogen and oxygen atoms in total. The Labute approximate surface area is 310 Å². The molecule has 0 amide bonds. The molecule has 0 heterocycles. The van der Waals surface area contributed by atoms with Crippen LogP contribution in [0.15, 0.2) is 9.59 Å². The minimum atomic E-state index is -1.72. The maximum absolute atomic E-state index is 12.8. The number of carbonyl (C=O) groups is 1. The van der Waals surface area contributed by atoms with Crippen molar-refractivity contribution in [3.63, 3.8) is 0 Å². The predicted molar refractivity (Wildman–Crippen MR) is 211 cm³/mol. The zero-order chi connectivity index (χ0) is 37.5. The molecule has 0 aromatic heterocycles. The highest BCUT2D eigenvalue weighted by Gasteiger charge is 2.19. The van der Waals surface area contributed by atoms with Gasteiger partial charge in [-0.15, -0.1) is 0 Å². The number of hydrogen-bond acceptors (Lipinski definition) is 10. The van der Waals surface area contributed by atoms with Crippen molar-refractivity contribution in [3.05, 3.63) is 20.4 Å². The molecule has 1 rings (SSSR count). The van der Waals surface area contributed by atoms with Crippen molar-refractivity contribution < 1.29 is 24.5 Å². The Hall–Kier alpha value is -2.01. The minimum absolute atomic E-state index is 0.0178. The van der Waals surface area contributed by atoms with Crippen molar-refractivity contribution in [3.8, 4) is 0 Å². The number of ether oxygens (including phenoxy) is 2. The maximum atomic E-state index is 12.8. The molecule has 4 N–H and O–H groups in total. The van der Waals surface area contributed by atoms with E-state index in [0.717, 1.165) is 103 Å². The van der Waals surface area contributed by atoms with Gasteiger partial charge in [-0.1, -0.05) is 111 Å². The van der Waals surface area contributed by atoms with Crippen LogP contribution in [0, 0.1) is 5.92 Å². The first kappa shape index (κ1) is 47.0. The van der Waals surface area contributed by atoms with Gasteiger partial charge in [0.1, 0.15) is 17.5 Å². The van der Waals surface area contributed by atoms with Crippen molar-refractivity contribution in [2.75, 3.05) is 50.5 Å². The molecule has 0 fully saturated rings. The zero-order valence-electron chi connectivity index (χ0n) is 33.1. The minimum Gasteiger partial charge on any atom is -0.462 e. The van der Waals surface area contributed by atoms with Crippen molar-refractivity contribution >= 4 is 17.3 Å². The van der Waals surface area contributed by atoms with E-state index in [-0.39, 0.29) is 18.0 Å². The van der Waals surface area contributed by atoms with E-state index in [4.69, 9.17) is 19.7 Å². The summed E-state index contributed by atoms with van der Waals surface area (Å²) < 4.78 is 10.9. The molecule has 1 atom stereocenters. The van der Waals surface area contributed by atoms with Gasteiger partial charge >= 0.3 is 5.97 Å². The van der Waals surface area contributed by atoms with Gasteiger partial charge in [0.2, 0.25) is 0 Å². The van der Waals surface area contributed by atoms with E-state index in [0.29, 0.717) is 30.9 Å². The second-order valence-corrected chi connectivity index (χ2v) is 14.8. The van der Waals surface area contributed by atoms with Gasteiger partial charge in [0.15, 0.2) is 0 Å². The number of nitrogens with zero attached hydrogens (tertiary/aromatic N) is 1. The van der Waals surface area contributed by atoms with Crippen LogP contribution in [0.1, 0.15) is 175 Å².